The molecular weight excluding hydrogens is 923 g/mol. The average Bonchev–Trinajstić information content (AvgIpc) is 3.66. The maximum absolute atomic E-state index is 12.3. The van der Waals surface area contributed by atoms with E-state index in [-0.39, 0.29) is 78.6 Å². The quantitative estimate of drug-likeness (QED) is 0.0260. The van der Waals surface area contributed by atoms with Crippen molar-refractivity contribution in [2.24, 2.45) is 0 Å². The third-order valence-electron chi connectivity index (χ3n) is 9.57. The zero-order valence-electron chi connectivity index (χ0n) is 38.6. The molecule has 68 heavy (non-hydrogen) atoms. The highest BCUT2D eigenvalue weighted by atomic mass is 32.2. The second kappa shape index (κ2) is 32.0. The van der Waals surface area contributed by atoms with E-state index in [4.69, 9.17) is 56.9 Å². The number of imide groups is 1. The summed E-state index contributed by atoms with van der Waals surface area (Å²) in [5.41, 5.74) is 0.998. The van der Waals surface area contributed by atoms with Crippen LogP contribution in [0.5, 0.6) is 23.0 Å². The molecule has 1 aliphatic heterocycles. The minimum atomic E-state index is -0.624. The van der Waals surface area contributed by atoms with E-state index in [1.54, 1.807) is 26.4 Å². The molecule has 1 N–H and O–H groups in total. The molecule has 17 nitrogen and oxygen atoms in total. The third-order valence-corrected chi connectivity index (χ3v) is 11.7. The number of hydroxylamine groups is 2. The van der Waals surface area contributed by atoms with Crippen LogP contribution in [0.3, 0.4) is 0 Å². The van der Waals surface area contributed by atoms with Crippen LogP contribution in [0.25, 0.3) is 11.1 Å². The smallest absolute Gasteiger partial charge is 0.333 e. The molecule has 0 saturated carbocycles. The van der Waals surface area contributed by atoms with Gasteiger partial charge in [-0.15, -0.1) is 5.06 Å². The lowest BCUT2D eigenvalue weighted by atomic mass is 10.0. The molecule has 2 amide bonds. The van der Waals surface area contributed by atoms with Gasteiger partial charge in [-0.1, -0.05) is 72.8 Å². The van der Waals surface area contributed by atoms with E-state index in [1.165, 1.54) is 23.5 Å². The van der Waals surface area contributed by atoms with Crippen molar-refractivity contribution >= 4 is 41.3 Å². The van der Waals surface area contributed by atoms with Crippen LogP contribution in [0, 0.1) is 0 Å². The normalized spacial score (nSPS) is 12.5. The monoisotopic (exact) mass is 983 g/mol. The van der Waals surface area contributed by atoms with Gasteiger partial charge in [0.15, 0.2) is 0 Å². The molecule has 4 aromatic carbocycles. The Morgan fingerprint density at radius 1 is 0.529 bits per heavy atom. The average molecular weight is 984 g/mol. The fourth-order valence-electron chi connectivity index (χ4n) is 6.21. The fraction of sp³-hybridized carbons (Fsp3) is 0.449. The lowest BCUT2D eigenvalue weighted by Crippen LogP contribution is -2.31. The van der Waals surface area contributed by atoms with Crippen molar-refractivity contribution in [3.05, 3.63) is 84.9 Å². The molecule has 1 saturated heterocycles. The molecular formula is C49H61NO16S2. The van der Waals surface area contributed by atoms with Crippen LogP contribution < -0.4 is 14.2 Å². The van der Waals surface area contributed by atoms with Gasteiger partial charge in [0.05, 0.1) is 56.0 Å². The molecule has 0 atom stereocenters. The molecule has 4 aromatic rings. The number of phenolic OH excluding ortho intramolecular Hbond substituents is 1. The standard InChI is InChI=1S/C49H61NO16S2/c1-55-21-23-57-33-61-35-59-25-27-64-43-29-39(41(51)31-45(43)67-37-13-7-5-8-14-37)40-30-44(65-28-26-60-36-62-34-58-24-22-56-2)46(68-38-15-9-6-10-16-38)32-42(40)63-20-12-4-3-11-17-49(54)66-50-47(52)18-19-48(50)53/h5-10,13-16,29-32,51H,3-4,11-12,17-28,33-36H2,1-2H3. The largest absolute Gasteiger partial charge is 0.507 e. The highest BCUT2D eigenvalue weighted by molar-refractivity contribution is 7.99. The van der Waals surface area contributed by atoms with Crippen LogP contribution in [-0.4, -0.2) is 129 Å². The zero-order chi connectivity index (χ0) is 48.0. The Balaban J connectivity index is 1.35. The highest BCUT2D eigenvalue weighted by Gasteiger charge is 2.32. The van der Waals surface area contributed by atoms with E-state index in [9.17, 15) is 19.5 Å². The number of rotatable bonds is 36. The van der Waals surface area contributed by atoms with E-state index >= 15 is 0 Å². The maximum atomic E-state index is 12.3. The van der Waals surface area contributed by atoms with Gasteiger partial charge in [0.1, 0.15) is 63.4 Å². The fourth-order valence-corrected chi connectivity index (χ4v) is 8.08. The summed E-state index contributed by atoms with van der Waals surface area (Å²) < 4.78 is 62.0. The minimum Gasteiger partial charge on any atom is -0.507 e. The maximum Gasteiger partial charge on any atom is 0.333 e. The number of carbonyl (C=O) groups is 3. The summed E-state index contributed by atoms with van der Waals surface area (Å²) in [4.78, 5) is 44.4. The van der Waals surface area contributed by atoms with Gasteiger partial charge in [-0.25, -0.2) is 4.79 Å². The van der Waals surface area contributed by atoms with Gasteiger partial charge in [0.2, 0.25) is 0 Å². The van der Waals surface area contributed by atoms with Crippen molar-refractivity contribution in [2.45, 2.75) is 64.5 Å². The van der Waals surface area contributed by atoms with Crippen LogP contribution >= 0.6 is 23.5 Å². The molecule has 0 unspecified atom stereocenters. The lowest BCUT2D eigenvalue weighted by Gasteiger charge is -2.20. The summed E-state index contributed by atoms with van der Waals surface area (Å²) in [6.07, 6.45) is 2.71. The Morgan fingerprint density at radius 2 is 1.00 bits per heavy atom. The van der Waals surface area contributed by atoms with E-state index in [1.807, 2.05) is 72.8 Å². The molecule has 370 valence electrons. The number of benzene rings is 4. The van der Waals surface area contributed by atoms with Crippen molar-refractivity contribution in [3.8, 4) is 34.1 Å². The van der Waals surface area contributed by atoms with Gasteiger partial charge in [-0.2, -0.15) is 0 Å². The van der Waals surface area contributed by atoms with Gasteiger partial charge in [-0.05, 0) is 61.4 Å². The molecule has 0 radical (unpaired) electrons. The molecule has 0 aliphatic carbocycles. The summed E-state index contributed by atoms with van der Waals surface area (Å²) in [5.74, 6) is -0.116. The predicted molar refractivity (Wildman–Crippen MR) is 251 cm³/mol. The van der Waals surface area contributed by atoms with Crippen molar-refractivity contribution < 1.29 is 76.4 Å². The number of amides is 2. The number of methoxy groups -OCH3 is 2. The second-order valence-electron chi connectivity index (χ2n) is 14.7. The molecule has 0 spiro atoms. The Bertz CT molecular complexity index is 2080. The van der Waals surface area contributed by atoms with Crippen LogP contribution in [0.2, 0.25) is 0 Å². The van der Waals surface area contributed by atoms with Crippen molar-refractivity contribution in [1.82, 2.24) is 5.06 Å². The number of unbranched alkanes of at least 4 members (excludes halogenated alkanes) is 3. The van der Waals surface area contributed by atoms with Crippen molar-refractivity contribution in [3.63, 3.8) is 0 Å². The number of nitrogens with zero attached hydrogens (tertiary/aromatic N) is 1. The van der Waals surface area contributed by atoms with Crippen LogP contribution in [0.15, 0.2) is 105 Å². The summed E-state index contributed by atoms with van der Waals surface area (Å²) in [6, 6.07) is 26.8. The lowest BCUT2D eigenvalue weighted by molar-refractivity contribution is -0.197. The molecule has 5 rings (SSSR count). The Labute approximate surface area is 405 Å². The summed E-state index contributed by atoms with van der Waals surface area (Å²) in [7, 11) is 3.20. The van der Waals surface area contributed by atoms with E-state index in [0.29, 0.717) is 90.6 Å². The second-order valence-corrected chi connectivity index (χ2v) is 16.9. The van der Waals surface area contributed by atoms with Crippen LogP contribution in [0.1, 0.15) is 44.9 Å². The highest BCUT2D eigenvalue weighted by Crippen LogP contribution is 2.48. The topological polar surface area (TPSA) is 185 Å². The first-order chi connectivity index (χ1) is 33.4. The number of hydrogen-bond donors (Lipinski definition) is 1. The van der Waals surface area contributed by atoms with Crippen LogP contribution in [-0.2, 0) is 57.1 Å². The first kappa shape index (κ1) is 54.0. The third kappa shape index (κ3) is 19.6. The first-order valence-corrected chi connectivity index (χ1v) is 23.9. The van der Waals surface area contributed by atoms with Crippen molar-refractivity contribution in [2.75, 3.05) is 101 Å². The molecule has 0 aromatic heterocycles. The zero-order valence-corrected chi connectivity index (χ0v) is 40.2. The van der Waals surface area contributed by atoms with Gasteiger partial charge in [-0.3, -0.25) is 9.59 Å². The minimum absolute atomic E-state index is 0.00872. The van der Waals surface area contributed by atoms with E-state index in [0.717, 1.165) is 21.1 Å². The molecule has 19 heteroatoms. The summed E-state index contributed by atoms with van der Waals surface area (Å²) in [6.45, 7) is 3.01. The van der Waals surface area contributed by atoms with Crippen LogP contribution in [0.4, 0.5) is 0 Å². The first-order valence-electron chi connectivity index (χ1n) is 22.3. The van der Waals surface area contributed by atoms with E-state index < -0.39 is 17.8 Å². The summed E-state index contributed by atoms with van der Waals surface area (Å²) >= 11 is 2.94. The Kier molecular flexibility index (Phi) is 25.4. The Morgan fingerprint density at radius 3 is 1.53 bits per heavy atom. The molecule has 1 heterocycles. The number of aromatic hydroxyl groups is 1. The summed E-state index contributed by atoms with van der Waals surface area (Å²) in [5, 5.41) is 12.4. The van der Waals surface area contributed by atoms with Gasteiger partial charge < -0.3 is 62.0 Å². The van der Waals surface area contributed by atoms with Gasteiger partial charge in [0.25, 0.3) is 11.8 Å². The SMILES string of the molecule is COCCOCOCOCCOc1cc(-c2cc(OCCOCOCOCCOC)c(Sc3ccccc3)cc2OCCCCCCC(=O)ON2C(=O)CCC2=O)c(O)cc1Sc1ccccc1. The number of ether oxygens (including phenoxy) is 11. The number of phenols is 1. The molecule has 0 bridgehead atoms. The molecule has 1 aliphatic rings. The Hall–Kier alpha value is -4.93. The van der Waals surface area contributed by atoms with Crippen molar-refractivity contribution in [1.29, 1.82) is 0 Å². The van der Waals surface area contributed by atoms with Gasteiger partial charge in [0, 0.05) is 54.4 Å². The van der Waals surface area contributed by atoms with Gasteiger partial charge >= 0.3 is 5.97 Å². The predicted octanol–water partition coefficient (Wildman–Crippen LogP) is 8.28. The number of hydrogen-bond acceptors (Lipinski definition) is 18. The van der Waals surface area contributed by atoms with E-state index in [2.05, 4.69) is 0 Å². The number of carbonyl (C=O) groups excluding carboxylic acids is 3. The molecule has 1 fully saturated rings.